The molecule has 4 heterocycles. The smallest absolute Gasteiger partial charge is 0.247 e. The van der Waals surface area contributed by atoms with Crippen molar-refractivity contribution in [1.29, 1.82) is 0 Å². The molecule has 2 unspecified atom stereocenters. The van der Waals surface area contributed by atoms with Crippen molar-refractivity contribution in [2.24, 2.45) is 11.8 Å². The summed E-state index contributed by atoms with van der Waals surface area (Å²) in [7, 11) is 0. The number of hydrogen-bond acceptors (Lipinski definition) is 6. The first-order valence-electron chi connectivity index (χ1n) is 16.0. The summed E-state index contributed by atoms with van der Waals surface area (Å²) >= 11 is 1.64. The molecule has 4 aliphatic heterocycles. The molecular formula is C34H47N3O5S. The third-order valence-corrected chi connectivity index (χ3v) is 11.4. The highest BCUT2D eigenvalue weighted by molar-refractivity contribution is 8.02. The molecule has 5 rings (SSSR count). The number of amides is 3. The van der Waals surface area contributed by atoms with Crippen LogP contribution in [0.3, 0.4) is 0 Å². The summed E-state index contributed by atoms with van der Waals surface area (Å²) in [5.74, 6) is -0.696. The van der Waals surface area contributed by atoms with Crippen molar-refractivity contribution < 1.29 is 24.2 Å². The van der Waals surface area contributed by atoms with Gasteiger partial charge < -0.3 is 24.5 Å². The molecule has 1 N–H and O–H groups in total. The van der Waals surface area contributed by atoms with E-state index in [9.17, 15) is 19.5 Å². The number of ether oxygens (including phenoxy) is 1. The lowest BCUT2D eigenvalue weighted by atomic mass is 9.74. The second kappa shape index (κ2) is 13.1. The van der Waals surface area contributed by atoms with Gasteiger partial charge in [0, 0.05) is 42.7 Å². The van der Waals surface area contributed by atoms with Crippen LogP contribution < -0.4 is 9.64 Å². The Balaban J connectivity index is 1.53. The molecule has 2 saturated heterocycles. The summed E-state index contributed by atoms with van der Waals surface area (Å²) in [6.07, 6.45) is 13.4. The number of anilines is 1. The van der Waals surface area contributed by atoms with Gasteiger partial charge in [-0.05, 0) is 64.3 Å². The van der Waals surface area contributed by atoms with Crippen LogP contribution in [0.15, 0.2) is 48.6 Å². The molecule has 234 valence electrons. The Bertz CT molecular complexity index is 1250. The van der Waals surface area contributed by atoms with Crippen molar-refractivity contribution in [2.75, 3.05) is 37.7 Å². The van der Waals surface area contributed by atoms with E-state index in [1.807, 2.05) is 47.1 Å². The number of carbonyl (C=O) groups is 3. The first-order valence-corrected chi connectivity index (χ1v) is 16.9. The van der Waals surface area contributed by atoms with Crippen molar-refractivity contribution in [3.8, 4) is 5.75 Å². The summed E-state index contributed by atoms with van der Waals surface area (Å²) < 4.78 is 4.14. The van der Waals surface area contributed by atoms with Crippen LogP contribution in [0.5, 0.6) is 5.75 Å². The normalized spacial score (nSPS) is 30.7. The Morgan fingerprint density at radius 2 is 1.67 bits per heavy atom. The summed E-state index contributed by atoms with van der Waals surface area (Å²) in [4.78, 5) is 49.2. The molecule has 9 heteroatoms. The monoisotopic (exact) mass is 609 g/mol. The van der Waals surface area contributed by atoms with Crippen LogP contribution in [0.1, 0.15) is 66.2 Å². The van der Waals surface area contributed by atoms with Crippen LogP contribution >= 0.6 is 11.8 Å². The number of carbonyl (C=O) groups excluding carboxylic acids is 3. The van der Waals surface area contributed by atoms with Gasteiger partial charge in [-0.15, -0.1) is 11.8 Å². The van der Waals surface area contributed by atoms with Gasteiger partial charge in [-0.2, -0.15) is 0 Å². The molecule has 0 aromatic heterocycles. The second-order valence-corrected chi connectivity index (χ2v) is 14.3. The van der Waals surface area contributed by atoms with Gasteiger partial charge in [0.15, 0.2) is 0 Å². The van der Waals surface area contributed by atoms with Crippen LogP contribution in [0.2, 0.25) is 0 Å². The summed E-state index contributed by atoms with van der Waals surface area (Å²) in [6.45, 7) is 10.3. The van der Waals surface area contributed by atoms with E-state index in [0.717, 1.165) is 50.0 Å². The lowest BCUT2D eigenvalue weighted by Crippen LogP contribution is -2.55. The van der Waals surface area contributed by atoms with E-state index in [-0.39, 0.29) is 30.4 Å². The number of unbranched alkanes of at least 4 members (excludes halogenated alkanes) is 3. The van der Waals surface area contributed by atoms with E-state index in [2.05, 4.69) is 39.0 Å². The number of rotatable bonds is 12. The highest BCUT2D eigenvalue weighted by Gasteiger charge is 2.74. The number of hydrogen-bond donors (Lipinski definition) is 1. The number of likely N-dealkylation sites (tertiary alicyclic amines) is 1. The first-order chi connectivity index (χ1) is 20.7. The lowest BCUT2D eigenvalue weighted by Gasteiger charge is -2.38. The number of aliphatic hydroxyl groups is 1. The molecule has 0 radical (unpaired) electrons. The molecule has 1 spiro atoms. The van der Waals surface area contributed by atoms with E-state index in [1.54, 1.807) is 16.7 Å². The molecule has 0 saturated carbocycles. The third kappa shape index (κ3) is 5.63. The average molecular weight is 610 g/mol. The maximum Gasteiger partial charge on any atom is 0.247 e. The van der Waals surface area contributed by atoms with E-state index < -0.39 is 27.4 Å². The Labute approximate surface area is 260 Å². The molecule has 3 amide bonds. The van der Waals surface area contributed by atoms with Crippen LogP contribution in [0.4, 0.5) is 5.69 Å². The first kappa shape index (κ1) is 31.6. The zero-order valence-corrected chi connectivity index (χ0v) is 26.9. The van der Waals surface area contributed by atoms with Gasteiger partial charge in [-0.25, -0.2) is 0 Å². The lowest BCUT2D eigenvalue weighted by molar-refractivity contribution is -0.144. The zero-order valence-electron chi connectivity index (χ0n) is 26.0. The average Bonchev–Trinajstić information content (AvgIpc) is 3.24. The zero-order chi connectivity index (χ0) is 30.8. The maximum atomic E-state index is 14.6. The molecule has 1 aromatic carbocycles. The Kier molecular flexibility index (Phi) is 9.61. The number of nitrogens with zero attached hydrogens (tertiary/aromatic N) is 3. The van der Waals surface area contributed by atoms with Crippen LogP contribution in [0, 0.1) is 11.8 Å². The van der Waals surface area contributed by atoms with Crippen LogP contribution in [-0.2, 0) is 14.4 Å². The van der Waals surface area contributed by atoms with Crippen molar-refractivity contribution in [3.05, 3.63) is 48.6 Å². The molecule has 1 aromatic rings. The highest BCUT2D eigenvalue weighted by Crippen LogP contribution is 2.65. The molecule has 2 fully saturated rings. The number of fused-ring (bicyclic) bond motifs is 2. The standard InChI is InChI=1S/C34H47N3O5S/c1-5-13-24(3)35-21-12-19-34-28(31(40)37(29(34)32(35)41)20-9-7-8-10-23-38)27-30(39)36(22-11-18-33(27,4)43-34)25-14-16-26(17-15-25)42-6-2/h11-12,14-19,24,27-29,38H,5-10,13,20-23H2,1-4H3/t24?,27-,28-,29?,33+,34-/m0/s1. The molecule has 0 aliphatic carbocycles. The highest BCUT2D eigenvalue weighted by atomic mass is 32.2. The minimum absolute atomic E-state index is 0.00971. The van der Waals surface area contributed by atoms with Gasteiger partial charge in [-0.1, -0.05) is 50.5 Å². The number of aliphatic hydroxyl groups excluding tert-OH is 1. The maximum absolute atomic E-state index is 14.6. The topological polar surface area (TPSA) is 90.4 Å². The van der Waals surface area contributed by atoms with Gasteiger partial charge in [0.05, 0.1) is 23.2 Å². The third-order valence-electron chi connectivity index (χ3n) is 9.59. The largest absolute Gasteiger partial charge is 0.494 e. The molecular weight excluding hydrogens is 562 g/mol. The van der Waals surface area contributed by atoms with Crippen LogP contribution in [-0.4, -0.2) is 87.1 Å². The van der Waals surface area contributed by atoms with E-state index in [1.165, 1.54) is 0 Å². The van der Waals surface area contributed by atoms with Gasteiger partial charge in [0.2, 0.25) is 17.7 Å². The number of benzene rings is 1. The summed E-state index contributed by atoms with van der Waals surface area (Å²) in [6, 6.07) is 6.95. The Morgan fingerprint density at radius 3 is 2.37 bits per heavy atom. The quantitative estimate of drug-likeness (QED) is 0.270. The summed E-state index contributed by atoms with van der Waals surface area (Å²) in [5, 5.41) is 9.22. The molecule has 43 heavy (non-hydrogen) atoms. The summed E-state index contributed by atoms with van der Waals surface area (Å²) in [5.41, 5.74) is 0.767. The van der Waals surface area contributed by atoms with E-state index in [4.69, 9.17) is 4.74 Å². The molecule has 6 atom stereocenters. The predicted octanol–water partition coefficient (Wildman–Crippen LogP) is 4.82. The SMILES string of the molecule is CCCC(C)N1CC=C[C@]23S[C@]4(C)C=CCN(c5ccc(OCC)cc5)C(=O)[C@@H]4[C@H]2C(=O)N(CCCCCCO)C3C1=O. The Morgan fingerprint density at radius 1 is 0.953 bits per heavy atom. The van der Waals surface area contributed by atoms with Crippen molar-refractivity contribution in [2.45, 2.75) is 87.8 Å². The van der Waals surface area contributed by atoms with Gasteiger partial charge in [0.25, 0.3) is 0 Å². The Hall–Kier alpha value is -2.78. The fraction of sp³-hybridized carbons (Fsp3) is 0.618. The van der Waals surface area contributed by atoms with E-state index in [0.29, 0.717) is 26.2 Å². The van der Waals surface area contributed by atoms with Gasteiger partial charge in [-0.3, -0.25) is 14.4 Å². The minimum atomic E-state index is -0.832. The van der Waals surface area contributed by atoms with E-state index >= 15 is 0 Å². The van der Waals surface area contributed by atoms with Gasteiger partial charge in [0.1, 0.15) is 11.8 Å². The van der Waals surface area contributed by atoms with Crippen molar-refractivity contribution in [1.82, 2.24) is 9.80 Å². The van der Waals surface area contributed by atoms with Gasteiger partial charge >= 0.3 is 0 Å². The molecule has 8 nitrogen and oxygen atoms in total. The predicted molar refractivity (Wildman–Crippen MR) is 171 cm³/mol. The number of thioether (sulfide) groups is 1. The fourth-order valence-corrected chi connectivity index (χ4v) is 9.78. The van der Waals surface area contributed by atoms with Crippen molar-refractivity contribution in [3.63, 3.8) is 0 Å². The molecule has 0 bridgehead atoms. The molecule has 4 aliphatic rings. The van der Waals surface area contributed by atoms with Crippen LogP contribution in [0.25, 0.3) is 0 Å². The fourth-order valence-electron chi connectivity index (χ4n) is 7.62. The second-order valence-electron chi connectivity index (χ2n) is 12.5. The van der Waals surface area contributed by atoms with Crippen molar-refractivity contribution >= 4 is 35.2 Å². The minimum Gasteiger partial charge on any atom is -0.494 e.